The van der Waals surface area contributed by atoms with Gasteiger partial charge >= 0.3 is 0 Å². The maximum atomic E-state index is 5.08. The largest absolute Gasteiger partial charge is 0.501 e. The van der Waals surface area contributed by atoms with E-state index in [2.05, 4.69) is 6.58 Å². The van der Waals surface area contributed by atoms with E-state index in [1.54, 1.807) is 27.4 Å². The molecule has 0 bridgehead atoms. The Bertz CT molecular complexity index is 226. The molecule has 0 heterocycles. The average molecular weight is 184 g/mol. The Morgan fingerprint density at radius 2 is 1.77 bits per heavy atom. The van der Waals surface area contributed by atoms with Gasteiger partial charge in [-0.2, -0.15) is 0 Å². The van der Waals surface area contributed by atoms with Gasteiger partial charge in [-0.15, -0.1) is 0 Å². The third kappa shape index (κ3) is 4.25. The Labute approximate surface area is 79.3 Å². The number of rotatable bonds is 5. The highest BCUT2D eigenvalue weighted by molar-refractivity contribution is 5.27. The van der Waals surface area contributed by atoms with Crippen LogP contribution in [0.25, 0.3) is 0 Å². The molecule has 0 saturated heterocycles. The van der Waals surface area contributed by atoms with Gasteiger partial charge in [0.2, 0.25) is 0 Å². The van der Waals surface area contributed by atoms with E-state index in [1.807, 2.05) is 6.92 Å². The zero-order valence-corrected chi connectivity index (χ0v) is 8.59. The summed E-state index contributed by atoms with van der Waals surface area (Å²) in [5, 5.41) is 0. The van der Waals surface area contributed by atoms with Crippen molar-refractivity contribution < 1.29 is 14.2 Å². The van der Waals surface area contributed by atoms with E-state index in [9.17, 15) is 0 Å². The predicted octanol–water partition coefficient (Wildman–Crippen LogP) is 2.23. The van der Waals surface area contributed by atoms with Crippen molar-refractivity contribution in [2.45, 2.75) is 6.92 Å². The molecular weight excluding hydrogens is 168 g/mol. The van der Waals surface area contributed by atoms with E-state index in [1.165, 1.54) is 6.26 Å². The lowest BCUT2D eigenvalue weighted by Gasteiger charge is -2.06. The lowest BCUT2D eigenvalue weighted by Crippen LogP contribution is -1.91. The molecule has 0 aromatic carbocycles. The van der Waals surface area contributed by atoms with E-state index in [0.717, 1.165) is 5.57 Å². The molecule has 74 valence electrons. The highest BCUT2D eigenvalue weighted by Crippen LogP contribution is 2.11. The SMILES string of the molecule is C=C(C)/C(=C\C(=C/OC)OC)OC. The lowest BCUT2D eigenvalue weighted by molar-refractivity contribution is 0.253. The minimum absolute atomic E-state index is 0.586. The molecule has 0 rings (SSSR count). The molecule has 0 aromatic rings. The second kappa shape index (κ2) is 6.17. The van der Waals surface area contributed by atoms with Crippen LogP contribution in [0.5, 0.6) is 0 Å². The molecular formula is C10H16O3. The standard InChI is InChI=1S/C10H16O3/c1-8(2)10(13-5)6-9(12-4)7-11-3/h6-7H,1H2,2-5H3/b9-7+,10-6+. The van der Waals surface area contributed by atoms with E-state index in [4.69, 9.17) is 14.2 Å². The molecule has 0 spiro atoms. The van der Waals surface area contributed by atoms with Gasteiger partial charge in [0.1, 0.15) is 12.0 Å². The van der Waals surface area contributed by atoms with Crippen LogP contribution in [0.15, 0.2) is 36.0 Å². The van der Waals surface area contributed by atoms with Gasteiger partial charge in [0.15, 0.2) is 5.76 Å². The molecule has 3 heteroatoms. The maximum Gasteiger partial charge on any atom is 0.156 e. The minimum atomic E-state index is 0.586. The van der Waals surface area contributed by atoms with Crippen LogP contribution in [0.3, 0.4) is 0 Å². The number of hydrogen-bond donors (Lipinski definition) is 0. The van der Waals surface area contributed by atoms with Gasteiger partial charge in [-0.3, -0.25) is 0 Å². The van der Waals surface area contributed by atoms with E-state index in [0.29, 0.717) is 11.5 Å². The summed E-state index contributed by atoms with van der Waals surface area (Å²) in [6.07, 6.45) is 3.20. The Morgan fingerprint density at radius 1 is 1.15 bits per heavy atom. The molecule has 0 amide bonds. The molecule has 3 nitrogen and oxygen atoms in total. The van der Waals surface area contributed by atoms with Crippen LogP contribution in [0.1, 0.15) is 6.92 Å². The normalized spacial score (nSPS) is 12.3. The molecule has 0 fully saturated rings. The van der Waals surface area contributed by atoms with Gasteiger partial charge in [0.25, 0.3) is 0 Å². The summed E-state index contributed by atoms with van der Waals surface area (Å²) in [5.41, 5.74) is 0.835. The van der Waals surface area contributed by atoms with Crippen LogP contribution in [-0.4, -0.2) is 21.3 Å². The zero-order chi connectivity index (χ0) is 10.3. The van der Waals surface area contributed by atoms with Crippen LogP contribution in [0.2, 0.25) is 0 Å². The first kappa shape index (κ1) is 11.6. The topological polar surface area (TPSA) is 27.7 Å². The van der Waals surface area contributed by atoms with E-state index >= 15 is 0 Å². The number of allylic oxidation sites excluding steroid dienone is 2. The average Bonchev–Trinajstić information content (AvgIpc) is 2.11. The fourth-order valence-electron chi connectivity index (χ4n) is 0.743. The van der Waals surface area contributed by atoms with Gasteiger partial charge in [-0.1, -0.05) is 6.58 Å². The van der Waals surface area contributed by atoms with Gasteiger partial charge < -0.3 is 14.2 Å². The number of methoxy groups -OCH3 is 3. The smallest absolute Gasteiger partial charge is 0.156 e. The van der Waals surface area contributed by atoms with Crippen molar-refractivity contribution in [3.63, 3.8) is 0 Å². The van der Waals surface area contributed by atoms with Gasteiger partial charge in [0.05, 0.1) is 21.3 Å². The fraction of sp³-hybridized carbons (Fsp3) is 0.400. The van der Waals surface area contributed by atoms with E-state index in [-0.39, 0.29) is 0 Å². The highest BCUT2D eigenvalue weighted by Gasteiger charge is 1.99. The van der Waals surface area contributed by atoms with Crippen molar-refractivity contribution in [2.24, 2.45) is 0 Å². The first-order valence-electron chi connectivity index (χ1n) is 3.84. The van der Waals surface area contributed by atoms with Gasteiger partial charge in [-0.25, -0.2) is 0 Å². The number of ether oxygens (including phenoxy) is 3. The zero-order valence-electron chi connectivity index (χ0n) is 8.59. The second-order valence-electron chi connectivity index (χ2n) is 2.45. The van der Waals surface area contributed by atoms with Crippen molar-refractivity contribution in [1.29, 1.82) is 0 Å². The van der Waals surface area contributed by atoms with Crippen molar-refractivity contribution in [2.75, 3.05) is 21.3 Å². The van der Waals surface area contributed by atoms with Crippen molar-refractivity contribution in [1.82, 2.24) is 0 Å². The van der Waals surface area contributed by atoms with Crippen molar-refractivity contribution >= 4 is 0 Å². The van der Waals surface area contributed by atoms with Crippen LogP contribution in [0.4, 0.5) is 0 Å². The molecule has 0 radical (unpaired) electrons. The van der Waals surface area contributed by atoms with Crippen LogP contribution in [0, 0.1) is 0 Å². The third-order valence-electron chi connectivity index (χ3n) is 1.38. The monoisotopic (exact) mass is 184 g/mol. The Kier molecular flexibility index (Phi) is 5.52. The van der Waals surface area contributed by atoms with Gasteiger partial charge in [-0.05, 0) is 12.5 Å². The summed E-state index contributed by atoms with van der Waals surface area (Å²) in [5.74, 6) is 1.26. The minimum Gasteiger partial charge on any atom is -0.501 e. The lowest BCUT2D eigenvalue weighted by atomic mass is 10.2. The van der Waals surface area contributed by atoms with Crippen molar-refractivity contribution in [3.8, 4) is 0 Å². The Morgan fingerprint density at radius 3 is 2.08 bits per heavy atom. The van der Waals surface area contributed by atoms with Crippen LogP contribution < -0.4 is 0 Å². The molecule has 0 aliphatic heterocycles. The summed E-state index contributed by atoms with van der Waals surface area (Å²) in [6, 6.07) is 0. The summed E-state index contributed by atoms with van der Waals surface area (Å²) in [4.78, 5) is 0. The molecule has 0 aliphatic rings. The second-order valence-corrected chi connectivity index (χ2v) is 2.45. The molecule has 0 saturated carbocycles. The number of hydrogen-bond acceptors (Lipinski definition) is 3. The summed E-state index contributed by atoms with van der Waals surface area (Å²) >= 11 is 0. The van der Waals surface area contributed by atoms with Crippen molar-refractivity contribution in [3.05, 3.63) is 36.0 Å². The Balaban J connectivity index is 4.64. The third-order valence-corrected chi connectivity index (χ3v) is 1.38. The molecule has 0 N–H and O–H groups in total. The Hall–Kier alpha value is -1.38. The van der Waals surface area contributed by atoms with Crippen LogP contribution in [-0.2, 0) is 14.2 Å². The summed E-state index contributed by atoms with van der Waals surface area (Å²) < 4.78 is 14.9. The first-order chi connectivity index (χ1) is 6.15. The molecule has 13 heavy (non-hydrogen) atoms. The molecule has 0 aromatic heterocycles. The molecule has 0 aliphatic carbocycles. The predicted molar refractivity (Wildman–Crippen MR) is 52.0 cm³/mol. The first-order valence-corrected chi connectivity index (χ1v) is 3.84. The van der Waals surface area contributed by atoms with E-state index < -0.39 is 0 Å². The maximum absolute atomic E-state index is 5.08. The van der Waals surface area contributed by atoms with Gasteiger partial charge in [0, 0.05) is 6.08 Å². The summed E-state index contributed by atoms with van der Waals surface area (Å²) in [7, 11) is 4.70. The quantitative estimate of drug-likeness (QED) is 0.484. The highest BCUT2D eigenvalue weighted by atomic mass is 16.5. The summed E-state index contributed by atoms with van der Waals surface area (Å²) in [6.45, 7) is 5.61. The molecule has 0 unspecified atom stereocenters. The molecule has 0 atom stereocenters. The fourth-order valence-corrected chi connectivity index (χ4v) is 0.743. The van der Waals surface area contributed by atoms with Crippen LogP contribution >= 0.6 is 0 Å².